The standard InChI is InChI=1S/C51H56N8O7/c1-27(2)42(56-50(62)65-6)49(61)59-29(4)28(3)21-41(59)47-53-39-20-16-35-24-33(14-18-37(35)45(39)55-47)32-13-17-36-34(23-32)15-19-38-44(36)54-46(52-38)40-22-30(26-64-5)25-58(40)48(60)43(57-51(63)66-7)31-11-9-8-10-12-31/h8-20,23-24,27-30,40-43H,21-22,25-26H2,1-7H3,(H,52,54)(H,53,55)(H,56,62)(H,57,63)/t28-,29-,30+,40+,41+,42+,43-/m1/s1. The van der Waals surface area contributed by atoms with Crippen LogP contribution in [0.2, 0.25) is 0 Å². The van der Waals surface area contributed by atoms with E-state index in [0.29, 0.717) is 31.0 Å². The molecule has 0 spiro atoms. The fraction of sp³-hybridized carbons (Fsp3) is 0.373. The number of carbonyl (C=O) groups is 4. The van der Waals surface area contributed by atoms with Crippen LogP contribution in [0, 0.1) is 17.8 Å². The molecule has 15 heteroatoms. The van der Waals surface area contributed by atoms with Crippen LogP contribution in [0.15, 0.2) is 91.0 Å². The minimum atomic E-state index is -0.946. The Bertz CT molecular complexity index is 2970. The number of nitrogens with zero attached hydrogens (tertiary/aromatic N) is 4. The zero-order chi connectivity index (χ0) is 46.4. The molecule has 4 heterocycles. The van der Waals surface area contributed by atoms with Crippen LogP contribution in [0.5, 0.6) is 0 Å². The van der Waals surface area contributed by atoms with Crippen molar-refractivity contribution in [2.75, 3.05) is 34.5 Å². The van der Waals surface area contributed by atoms with Gasteiger partial charge in [0.05, 0.1) is 55.0 Å². The highest BCUT2D eigenvalue weighted by atomic mass is 16.5. The third-order valence-corrected chi connectivity index (χ3v) is 13.7. The smallest absolute Gasteiger partial charge is 0.407 e. The molecule has 4 amide bonds. The molecule has 5 aromatic carbocycles. The van der Waals surface area contributed by atoms with Crippen LogP contribution in [0.1, 0.15) is 75.9 Å². The predicted octanol–water partition coefficient (Wildman–Crippen LogP) is 8.72. The molecule has 15 nitrogen and oxygen atoms in total. The SMILES string of the molecule is COC[C@H]1C[C@@H](c2nc3c(ccc4cc(-c5ccc6c(ccc7[nH]c([C@@H]8C[C@@H](C)[C@@H](C)N8C(=O)[C@@H](NC(=O)OC)C(C)C)nc76)c5)ccc43)[nH]2)N(C(=O)[C@H](NC(=O)OC)c2ccccc2)C1. The van der Waals surface area contributed by atoms with Crippen LogP contribution in [-0.2, 0) is 23.8 Å². The van der Waals surface area contributed by atoms with Crippen LogP contribution in [0.25, 0.3) is 54.7 Å². The largest absolute Gasteiger partial charge is 0.453 e. The van der Waals surface area contributed by atoms with Crippen molar-refractivity contribution < 1.29 is 33.4 Å². The number of imidazole rings is 2. The Balaban J connectivity index is 0.999. The van der Waals surface area contributed by atoms with E-state index in [-0.39, 0.29) is 47.7 Å². The molecular weight excluding hydrogens is 837 g/mol. The molecule has 2 aliphatic rings. The number of hydrogen-bond acceptors (Lipinski definition) is 9. The number of amides is 4. The number of nitrogens with one attached hydrogen (secondary N) is 4. The van der Waals surface area contributed by atoms with Gasteiger partial charge in [0.15, 0.2) is 0 Å². The lowest BCUT2D eigenvalue weighted by atomic mass is 9.98. The van der Waals surface area contributed by atoms with Gasteiger partial charge in [0.2, 0.25) is 5.91 Å². The summed E-state index contributed by atoms with van der Waals surface area (Å²) in [6.07, 6.45) is 0.0566. The maximum Gasteiger partial charge on any atom is 0.407 e. The summed E-state index contributed by atoms with van der Waals surface area (Å²) in [5.74, 6) is 1.15. The van der Waals surface area contributed by atoms with Gasteiger partial charge in [0.1, 0.15) is 23.7 Å². The van der Waals surface area contributed by atoms with Crippen LogP contribution in [0.4, 0.5) is 9.59 Å². The number of aromatic amines is 2. The number of fused-ring (bicyclic) bond motifs is 6. The quantitative estimate of drug-likeness (QED) is 0.0987. The van der Waals surface area contributed by atoms with Gasteiger partial charge in [0.25, 0.3) is 5.91 Å². The maximum absolute atomic E-state index is 14.4. The molecule has 0 radical (unpaired) electrons. The first-order chi connectivity index (χ1) is 31.9. The van der Waals surface area contributed by atoms with Crippen molar-refractivity contribution in [2.24, 2.45) is 17.8 Å². The first-order valence-electron chi connectivity index (χ1n) is 22.6. The van der Waals surface area contributed by atoms with E-state index in [4.69, 9.17) is 24.2 Å². The van der Waals surface area contributed by atoms with Crippen LogP contribution in [-0.4, -0.2) is 100 Å². The monoisotopic (exact) mass is 892 g/mol. The van der Waals surface area contributed by atoms with Crippen molar-refractivity contribution in [1.29, 1.82) is 0 Å². The molecule has 2 saturated heterocycles. The topological polar surface area (TPSA) is 184 Å². The molecule has 2 fully saturated rings. The predicted molar refractivity (Wildman–Crippen MR) is 252 cm³/mol. The van der Waals surface area contributed by atoms with Gasteiger partial charge < -0.3 is 44.6 Å². The Kier molecular flexibility index (Phi) is 12.1. The molecule has 342 valence electrons. The summed E-state index contributed by atoms with van der Waals surface area (Å²) < 4.78 is 15.3. The number of H-pyrrole nitrogens is 2. The Morgan fingerprint density at radius 3 is 1.85 bits per heavy atom. The first-order valence-corrected chi connectivity index (χ1v) is 22.6. The summed E-state index contributed by atoms with van der Waals surface area (Å²) in [5.41, 5.74) is 6.15. The van der Waals surface area contributed by atoms with E-state index < -0.39 is 24.3 Å². The lowest BCUT2D eigenvalue weighted by Gasteiger charge is -2.33. The molecule has 66 heavy (non-hydrogen) atoms. The van der Waals surface area contributed by atoms with Crippen LogP contribution < -0.4 is 10.6 Å². The average molecular weight is 893 g/mol. The van der Waals surface area contributed by atoms with Crippen LogP contribution in [0.3, 0.4) is 0 Å². The number of aromatic nitrogens is 4. The van der Waals surface area contributed by atoms with Crippen molar-refractivity contribution in [3.05, 3.63) is 108 Å². The minimum absolute atomic E-state index is 0.0533. The molecule has 0 saturated carbocycles. The lowest BCUT2D eigenvalue weighted by molar-refractivity contribution is -0.137. The zero-order valence-corrected chi connectivity index (χ0v) is 38.3. The number of benzene rings is 5. The number of methoxy groups -OCH3 is 3. The first kappa shape index (κ1) is 44.2. The summed E-state index contributed by atoms with van der Waals surface area (Å²) >= 11 is 0. The number of ether oxygens (including phenoxy) is 3. The molecule has 4 N–H and O–H groups in total. The fourth-order valence-electron chi connectivity index (χ4n) is 10.1. The second-order valence-electron chi connectivity index (χ2n) is 18.2. The van der Waals surface area contributed by atoms with Crippen molar-refractivity contribution in [2.45, 2.75) is 70.7 Å². The van der Waals surface area contributed by atoms with Gasteiger partial charge in [-0.1, -0.05) is 87.5 Å². The minimum Gasteiger partial charge on any atom is -0.453 e. The molecular formula is C51H56N8O7. The number of carbonyl (C=O) groups excluding carboxylic acids is 4. The molecule has 0 unspecified atom stereocenters. The van der Waals surface area contributed by atoms with E-state index in [2.05, 4.69) is 83.0 Å². The van der Waals surface area contributed by atoms with E-state index in [1.807, 2.05) is 61.2 Å². The number of likely N-dealkylation sites (tertiary alicyclic amines) is 2. The Labute approximate surface area is 382 Å². The van der Waals surface area contributed by atoms with Gasteiger partial charge in [-0.3, -0.25) is 9.59 Å². The van der Waals surface area contributed by atoms with Gasteiger partial charge in [-0.25, -0.2) is 19.6 Å². The molecule has 7 atom stereocenters. The number of rotatable bonds is 11. The van der Waals surface area contributed by atoms with Gasteiger partial charge in [0, 0.05) is 36.4 Å². The second kappa shape index (κ2) is 18.1. The maximum atomic E-state index is 14.4. The zero-order valence-electron chi connectivity index (χ0n) is 38.3. The normalized spacial score (nSPS) is 20.6. The van der Waals surface area contributed by atoms with E-state index >= 15 is 0 Å². The van der Waals surface area contributed by atoms with Gasteiger partial charge >= 0.3 is 12.2 Å². The lowest BCUT2D eigenvalue weighted by Crippen LogP contribution is -2.53. The molecule has 0 aliphatic carbocycles. The highest BCUT2D eigenvalue weighted by molar-refractivity contribution is 6.07. The third-order valence-electron chi connectivity index (χ3n) is 13.7. The van der Waals surface area contributed by atoms with Gasteiger partial charge in [-0.2, -0.15) is 0 Å². The van der Waals surface area contributed by atoms with E-state index in [1.165, 1.54) is 14.2 Å². The van der Waals surface area contributed by atoms with Gasteiger partial charge in [-0.15, -0.1) is 0 Å². The number of hydrogen-bond donors (Lipinski definition) is 4. The Hall–Kier alpha value is -7.00. The van der Waals surface area contributed by atoms with E-state index in [1.54, 1.807) is 12.0 Å². The average Bonchev–Trinajstić information content (AvgIpc) is 4.13. The number of alkyl carbamates (subject to hydrolysis) is 2. The summed E-state index contributed by atoms with van der Waals surface area (Å²) in [5, 5.41) is 9.54. The highest BCUT2D eigenvalue weighted by Gasteiger charge is 2.45. The summed E-state index contributed by atoms with van der Waals surface area (Å²) in [6.45, 7) is 8.95. The molecule has 2 aliphatic heterocycles. The van der Waals surface area contributed by atoms with E-state index in [0.717, 1.165) is 67.0 Å². The molecule has 7 aromatic rings. The summed E-state index contributed by atoms with van der Waals surface area (Å²) in [6, 6.07) is 27.8. The van der Waals surface area contributed by atoms with Crippen molar-refractivity contribution in [3.63, 3.8) is 0 Å². The second-order valence-corrected chi connectivity index (χ2v) is 18.2. The third kappa shape index (κ3) is 8.16. The van der Waals surface area contributed by atoms with Crippen molar-refractivity contribution in [1.82, 2.24) is 40.4 Å². The Morgan fingerprint density at radius 2 is 1.29 bits per heavy atom. The summed E-state index contributed by atoms with van der Waals surface area (Å²) in [4.78, 5) is 74.3. The summed E-state index contributed by atoms with van der Waals surface area (Å²) in [7, 11) is 4.24. The van der Waals surface area contributed by atoms with Crippen LogP contribution >= 0.6 is 0 Å². The van der Waals surface area contributed by atoms with Crippen molar-refractivity contribution in [3.8, 4) is 11.1 Å². The molecule has 9 rings (SSSR count). The molecule has 2 aromatic heterocycles. The Morgan fingerprint density at radius 1 is 0.712 bits per heavy atom. The van der Waals surface area contributed by atoms with Gasteiger partial charge in [-0.05, 0) is 83.3 Å². The fourth-order valence-corrected chi connectivity index (χ4v) is 10.1. The van der Waals surface area contributed by atoms with Crippen molar-refractivity contribution >= 4 is 67.6 Å². The molecule has 0 bridgehead atoms. The van der Waals surface area contributed by atoms with E-state index in [9.17, 15) is 19.2 Å². The highest BCUT2D eigenvalue weighted by Crippen LogP contribution is 2.42.